The van der Waals surface area contributed by atoms with Gasteiger partial charge in [-0.2, -0.15) is 0 Å². The molecule has 0 N–H and O–H groups in total. The summed E-state index contributed by atoms with van der Waals surface area (Å²) in [4.78, 5) is 4.67. The van der Waals surface area contributed by atoms with Gasteiger partial charge in [0.05, 0.1) is 12.6 Å². The molecule has 0 aromatic heterocycles. The van der Waals surface area contributed by atoms with Crippen LogP contribution in [-0.2, 0) is 22.5 Å². The lowest BCUT2D eigenvalue weighted by molar-refractivity contribution is 0.185. The number of ether oxygens (including phenoxy) is 2. The van der Waals surface area contributed by atoms with Crippen LogP contribution in [0.25, 0.3) is 0 Å². The molecule has 3 nitrogen and oxygen atoms in total. The third-order valence-corrected chi connectivity index (χ3v) is 3.90. The molecule has 3 rings (SSSR count). The Morgan fingerprint density at radius 3 is 2.36 bits per heavy atom. The van der Waals surface area contributed by atoms with Crippen molar-refractivity contribution in [2.75, 3.05) is 7.11 Å². The molecule has 2 unspecified atom stereocenters. The van der Waals surface area contributed by atoms with E-state index in [1.165, 1.54) is 16.7 Å². The summed E-state index contributed by atoms with van der Waals surface area (Å²) in [6, 6.07) is 19.0. The smallest absolute Gasteiger partial charge is 0.181 e. The van der Waals surface area contributed by atoms with Crippen molar-refractivity contribution in [2.45, 2.75) is 32.1 Å². The van der Waals surface area contributed by atoms with Gasteiger partial charge in [0, 0.05) is 14.0 Å². The molecule has 2 aromatic carbocycles. The highest BCUT2D eigenvalue weighted by Gasteiger charge is 2.30. The first-order valence-electron chi connectivity index (χ1n) is 7.59. The van der Waals surface area contributed by atoms with E-state index < -0.39 is 0 Å². The van der Waals surface area contributed by atoms with Crippen LogP contribution < -0.4 is 0 Å². The van der Waals surface area contributed by atoms with E-state index in [1.807, 2.05) is 25.1 Å². The van der Waals surface area contributed by atoms with Crippen LogP contribution in [0.2, 0.25) is 0 Å². The van der Waals surface area contributed by atoms with Gasteiger partial charge in [-0.05, 0) is 23.1 Å². The fraction of sp³-hybridized carbons (Fsp3) is 0.316. The van der Waals surface area contributed by atoms with Crippen LogP contribution in [-0.4, -0.2) is 19.0 Å². The van der Waals surface area contributed by atoms with Crippen molar-refractivity contribution >= 4 is 5.90 Å². The highest BCUT2D eigenvalue weighted by Crippen LogP contribution is 2.31. The van der Waals surface area contributed by atoms with Crippen molar-refractivity contribution in [3.63, 3.8) is 0 Å². The number of hydrogen-bond donors (Lipinski definition) is 0. The first-order valence-corrected chi connectivity index (χ1v) is 7.59. The molecule has 1 aliphatic rings. The molecular formula is C19H21NO2. The second-order valence-electron chi connectivity index (χ2n) is 5.62. The van der Waals surface area contributed by atoms with Gasteiger partial charge in [0.25, 0.3) is 0 Å². The highest BCUT2D eigenvalue weighted by atomic mass is 16.5. The zero-order chi connectivity index (χ0) is 15.4. The van der Waals surface area contributed by atoms with Gasteiger partial charge in [-0.1, -0.05) is 54.6 Å². The molecule has 0 bridgehead atoms. The fourth-order valence-corrected chi connectivity index (χ4v) is 2.86. The molecule has 0 spiro atoms. The Balaban J connectivity index is 1.74. The van der Waals surface area contributed by atoms with Gasteiger partial charge >= 0.3 is 0 Å². The Morgan fingerprint density at radius 1 is 1.00 bits per heavy atom. The molecule has 0 aliphatic carbocycles. The Morgan fingerprint density at radius 2 is 1.68 bits per heavy atom. The van der Waals surface area contributed by atoms with Gasteiger partial charge in [-0.15, -0.1) is 0 Å². The summed E-state index contributed by atoms with van der Waals surface area (Å²) >= 11 is 0. The lowest BCUT2D eigenvalue weighted by atomic mass is 9.96. The van der Waals surface area contributed by atoms with Gasteiger partial charge in [0.1, 0.15) is 6.10 Å². The molecule has 0 amide bonds. The maximum atomic E-state index is 5.92. The minimum absolute atomic E-state index is 0.0138. The minimum atomic E-state index is 0.0138. The molecule has 2 atom stereocenters. The Labute approximate surface area is 131 Å². The molecule has 0 saturated carbocycles. The van der Waals surface area contributed by atoms with Gasteiger partial charge in [0.15, 0.2) is 5.90 Å². The molecule has 0 fully saturated rings. The number of aliphatic imine (C=N–C) groups is 1. The quantitative estimate of drug-likeness (QED) is 0.836. The molecule has 3 heteroatoms. The largest absolute Gasteiger partial charge is 0.471 e. The average molecular weight is 295 g/mol. The lowest BCUT2D eigenvalue weighted by Crippen LogP contribution is -2.16. The van der Waals surface area contributed by atoms with Crippen molar-refractivity contribution in [1.29, 1.82) is 0 Å². The standard InChI is InChI=1S/C19H21NO2/c1-14-20-18(19(22-14)17-6-4-3-5-7-17)12-15-8-10-16(11-9-15)13-21-2/h3-11,18-19H,12-13H2,1-2H3. The van der Waals surface area contributed by atoms with E-state index in [0.717, 1.165) is 12.3 Å². The van der Waals surface area contributed by atoms with Crippen LogP contribution in [0.3, 0.4) is 0 Å². The molecule has 22 heavy (non-hydrogen) atoms. The molecule has 2 aromatic rings. The summed E-state index contributed by atoms with van der Waals surface area (Å²) in [5.41, 5.74) is 3.64. The van der Waals surface area contributed by atoms with Crippen LogP contribution in [0, 0.1) is 0 Å². The first kappa shape index (κ1) is 14.8. The van der Waals surface area contributed by atoms with Gasteiger partial charge in [-0.25, -0.2) is 4.99 Å². The summed E-state index contributed by atoms with van der Waals surface area (Å²) in [7, 11) is 1.71. The van der Waals surface area contributed by atoms with Crippen LogP contribution in [0.5, 0.6) is 0 Å². The molecule has 0 radical (unpaired) electrons. The van der Waals surface area contributed by atoms with Gasteiger partial charge in [-0.3, -0.25) is 0 Å². The zero-order valence-corrected chi connectivity index (χ0v) is 13.0. The summed E-state index contributed by atoms with van der Waals surface area (Å²) in [5.74, 6) is 0.773. The number of methoxy groups -OCH3 is 1. The first-order chi connectivity index (χ1) is 10.8. The summed E-state index contributed by atoms with van der Waals surface area (Å²) < 4.78 is 11.1. The monoisotopic (exact) mass is 295 g/mol. The van der Waals surface area contributed by atoms with E-state index in [1.54, 1.807) is 7.11 Å². The average Bonchev–Trinajstić information content (AvgIpc) is 2.91. The van der Waals surface area contributed by atoms with Crippen molar-refractivity contribution in [3.8, 4) is 0 Å². The number of benzene rings is 2. The highest BCUT2D eigenvalue weighted by molar-refractivity contribution is 5.75. The minimum Gasteiger partial charge on any atom is -0.471 e. The Kier molecular flexibility index (Phi) is 4.54. The number of rotatable bonds is 5. The SMILES string of the molecule is COCc1ccc(CC2N=C(C)OC2c2ccccc2)cc1. The Hall–Kier alpha value is -2.13. The topological polar surface area (TPSA) is 30.8 Å². The predicted octanol–water partition coefficient (Wildman–Crippen LogP) is 3.93. The van der Waals surface area contributed by atoms with E-state index in [9.17, 15) is 0 Å². The molecule has 114 valence electrons. The zero-order valence-electron chi connectivity index (χ0n) is 13.0. The van der Waals surface area contributed by atoms with Gasteiger partial charge in [0.2, 0.25) is 0 Å². The van der Waals surface area contributed by atoms with Crippen LogP contribution in [0.4, 0.5) is 0 Å². The normalized spacial score (nSPS) is 20.5. The maximum Gasteiger partial charge on any atom is 0.181 e. The van der Waals surface area contributed by atoms with Crippen molar-refractivity contribution in [1.82, 2.24) is 0 Å². The second-order valence-corrected chi connectivity index (χ2v) is 5.62. The predicted molar refractivity (Wildman–Crippen MR) is 88.0 cm³/mol. The van der Waals surface area contributed by atoms with Crippen molar-refractivity contribution < 1.29 is 9.47 Å². The molecule has 1 aliphatic heterocycles. The third kappa shape index (κ3) is 3.37. The Bertz CT molecular complexity index is 634. The molecule has 0 saturated heterocycles. The van der Waals surface area contributed by atoms with Crippen LogP contribution >= 0.6 is 0 Å². The van der Waals surface area contributed by atoms with E-state index in [2.05, 4.69) is 41.4 Å². The van der Waals surface area contributed by atoms with E-state index in [-0.39, 0.29) is 12.1 Å². The van der Waals surface area contributed by atoms with E-state index in [4.69, 9.17) is 9.47 Å². The molecule has 1 heterocycles. The number of hydrogen-bond acceptors (Lipinski definition) is 3. The van der Waals surface area contributed by atoms with E-state index >= 15 is 0 Å². The summed E-state index contributed by atoms with van der Waals surface area (Å²) in [6.45, 7) is 2.58. The summed E-state index contributed by atoms with van der Waals surface area (Å²) in [5, 5.41) is 0. The molecular weight excluding hydrogens is 274 g/mol. The lowest BCUT2D eigenvalue weighted by Gasteiger charge is -2.18. The number of nitrogens with zero attached hydrogens (tertiary/aromatic N) is 1. The van der Waals surface area contributed by atoms with Crippen LogP contribution in [0.1, 0.15) is 29.7 Å². The van der Waals surface area contributed by atoms with Gasteiger partial charge < -0.3 is 9.47 Å². The van der Waals surface area contributed by atoms with Crippen LogP contribution in [0.15, 0.2) is 59.6 Å². The summed E-state index contributed by atoms with van der Waals surface area (Å²) in [6.07, 6.45) is 0.893. The fourth-order valence-electron chi connectivity index (χ4n) is 2.86. The van der Waals surface area contributed by atoms with E-state index in [0.29, 0.717) is 6.61 Å². The second kappa shape index (κ2) is 6.75. The maximum absolute atomic E-state index is 5.92. The van der Waals surface area contributed by atoms with Crippen molar-refractivity contribution in [2.24, 2.45) is 4.99 Å². The third-order valence-electron chi connectivity index (χ3n) is 3.90. The van der Waals surface area contributed by atoms with Crippen molar-refractivity contribution in [3.05, 3.63) is 71.3 Å².